The molecule has 1 aliphatic heterocycles. The number of amides is 1. The molecule has 6 heteroatoms. The first-order chi connectivity index (χ1) is 10.9. The van der Waals surface area contributed by atoms with Crippen LogP contribution in [0.4, 0.5) is 0 Å². The summed E-state index contributed by atoms with van der Waals surface area (Å²) in [6.45, 7) is 5.61. The maximum Gasteiger partial charge on any atom is 0.227 e. The number of hydrogen-bond acceptors (Lipinski definition) is 4. The number of carbonyl (C=O) groups is 1. The maximum atomic E-state index is 12.4. The lowest BCUT2D eigenvalue weighted by Gasteiger charge is -2.32. The standard InChI is InChI=1S/C17H25ClN2O3/c1-11(2)23-16-5-4-13(18)8-12(16)9-19-17(22)14-10-20(3)7-6-15(14)21/h4-5,8,11,14-15,21H,6-7,9-10H2,1-3H3,(H,19,22)/t14-,15+/m1/s1. The number of benzene rings is 1. The molecule has 1 aromatic rings. The van der Waals surface area contributed by atoms with Gasteiger partial charge >= 0.3 is 0 Å². The fraction of sp³-hybridized carbons (Fsp3) is 0.588. The zero-order chi connectivity index (χ0) is 17.0. The van der Waals surface area contributed by atoms with Gasteiger partial charge < -0.3 is 20.1 Å². The van der Waals surface area contributed by atoms with Crippen molar-refractivity contribution < 1.29 is 14.6 Å². The molecule has 0 aliphatic carbocycles. The SMILES string of the molecule is CC(C)Oc1ccc(Cl)cc1CNC(=O)[C@@H]1CN(C)CC[C@@H]1O. The number of ether oxygens (including phenoxy) is 1. The minimum atomic E-state index is -0.586. The van der Waals surface area contributed by atoms with Crippen LogP contribution in [-0.2, 0) is 11.3 Å². The van der Waals surface area contributed by atoms with Crippen LogP contribution < -0.4 is 10.1 Å². The Hall–Kier alpha value is -1.30. The third kappa shape index (κ3) is 5.09. The predicted octanol–water partition coefficient (Wildman–Crippen LogP) is 2.06. The number of nitrogens with one attached hydrogen (secondary N) is 1. The first kappa shape index (κ1) is 18.0. The molecule has 0 saturated carbocycles. The number of rotatable bonds is 5. The van der Waals surface area contributed by atoms with Gasteiger partial charge in [0.1, 0.15) is 5.75 Å². The number of aliphatic hydroxyl groups excluding tert-OH is 1. The Bertz CT molecular complexity index is 551. The highest BCUT2D eigenvalue weighted by atomic mass is 35.5. The number of likely N-dealkylation sites (tertiary alicyclic amines) is 1. The van der Waals surface area contributed by atoms with Crippen LogP contribution in [0.2, 0.25) is 5.02 Å². The highest BCUT2D eigenvalue weighted by Gasteiger charge is 2.31. The minimum Gasteiger partial charge on any atom is -0.491 e. The predicted molar refractivity (Wildman–Crippen MR) is 90.7 cm³/mol. The summed E-state index contributed by atoms with van der Waals surface area (Å²) in [5.74, 6) is 0.174. The Morgan fingerprint density at radius 1 is 1.52 bits per heavy atom. The topological polar surface area (TPSA) is 61.8 Å². The summed E-state index contributed by atoms with van der Waals surface area (Å²) in [4.78, 5) is 14.4. The molecule has 1 amide bonds. The Morgan fingerprint density at radius 2 is 2.26 bits per heavy atom. The average molecular weight is 341 g/mol. The van der Waals surface area contributed by atoms with Gasteiger partial charge in [0.25, 0.3) is 0 Å². The first-order valence-corrected chi connectivity index (χ1v) is 8.34. The molecule has 1 saturated heterocycles. The molecule has 1 fully saturated rings. The van der Waals surface area contributed by atoms with Gasteiger partial charge in [0.05, 0.1) is 18.1 Å². The number of hydrogen-bond donors (Lipinski definition) is 2. The van der Waals surface area contributed by atoms with Crippen molar-refractivity contribution in [2.45, 2.75) is 39.0 Å². The molecule has 1 aromatic carbocycles. The molecule has 0 aromatic heterocycles. The molecular formula is C17H25ClN2O3. The van der Waals surface area contributed by atoms with Gasteiger partial charge in [-0.3, -0.25) is 4.79 Å². The summed E-state index contributed by atoms with van der Waals surface area (Å²) in [7, 11) is 1.96. The molecule has 0 radical (unpaired) electrons. The lowest BCUT2D eigenvalue weighted by Crippen LogP contribution is -2.48. The van der Waals surface area contributed by atoms with E-state index < -0.39 is 12.0 Å². The van der Waals surface area contributed by atoms with E-state index in [0.29, 0.717) is 30.3 Å². The molecule has 0 spiro atoms. The second-order valence-corrected chi connectivity index (χ2v) is 6.80. The molecular weight excluding hydrogens is 316 g/mol. The Kier molecular flexibility index (Phi) is 6.27. The number of aliphatic hydroxyl groups is 1. The quantitative estimate of drug-likeness (QED) is 0.861. The van der Waals surface area contributed by atoms with E-state index in [-0.39, 0.29) is 12.0 Å². The van der Waals surface area contributed by atoms with Crippen molar-refractivity contribution in [2.75, 3.05) is 20.1 Å². The Morgan fingerprint density at radius 3 is 2.96 bits per heavy atom. The van der Waals surface area contributed by atoms with Crippen molar-refractivity contribution in [3.8, 4) is 5.75 Å². The Labute approximate surface area is 142 Å². The lowest BCUT2D eigenvalue weighted by molar-refractivity contribution is -0.131. The van der Waals surface area contributed by atoms with Gasteiger partial charge in [-0.2, -0.15) is 0 Å². The number of nitrogens with zero attached hydrogens (tertiary/aromatic N) is 1. The Balaban J connectivity index is 2.02. The summed E-state index contributed by atoms with van der Waals surface area (Å²) in [5, 5.41) is 13.5. The monoisotopic (exact) mass is 340 g/mol. The largest absolute Gasteiger partial charge is 0.491 e. The number of halogens is 1. The van der Waals surface area contributed by atoms with E-state index in [1.807, 2.05) is 27.0 Å². The van der Waals surface area contributed by atoms with Crippen molar-refractivity contribution >= 4 is 17.5 Å². The lowest BCUT2D eigenvalue weighted by atomic mass is 9.94. The van der Waals surface area contributed by atoms with E-state index in [1.54, 1.807) is 12.1 Å². The fourth-order valence-electron chi connectivity index (χ4n) is 2.73. The summed E-state index contributed by atoms with van der Waals surface area (Å²) in [6.07, 6.45) is 0.0735. The van der Waals surface area contributed by atoms with Crippen molar-refractivity contribution in [1.82, 2.24) is 10.2 Å². The van der Waals surface area contributed by atoms with Crippen LogP contribution in [0.15, 0.2) is 18.2 Å². The van der Waals surface area contributed by atoms with Crippen LogP contribution in [0.25, 0.3) is 0 Å². The van der Waals surface area contributed by atoms with E-state index in [1.165, 1.54) is 0 Å². The number of piperidine rings is 1. The van der Waals surface area contributed by atoms with Gasteiger partial charge in [0.2, 0.25) is 5.91 Å². The molecule has 23 heavy (non-hydrogen) atoms. The van der Waals surface area contributed by atoms with E-state index in [9.17, 15) is 9.90 Å². The van der Waals surface area contributed by atoms with Crippen molar-refractivity contribution in [1.29, 1.82) is 0 Å². The molecule has 2 atom stereocenters. The molecule has 1 aliphatic rings. The van der Waals surface area contributed by atoms with Gasteiger partial charge in [-0.05, 0) is 45.5 Å². The summed E-state index contributed by atoms with van der Waals surface area (Å²) in [6, 6.07) is 5.38. The smallest absolute Gasteiger partial charge is 0.227 e. The van der Waals surface area contributed by atoms with Gasteiger partial charge in [-0.25, -0.2) is 0 Å². The van der Waals surface area contributed by atoms with Crippen molar-refractivity contribution in [3.63, 3.8) is 0 Å². The second-order valence-electron chi connectivity index (χ2n) is 6.36. The molecule has 2 rings (SSSR count). The van der Waals surface area contributed by atoms with Crippen LogP contribution >= 0.6 is 11.6 Å². The van der Waals surface area contributed by atoms with E-state index in [2.05, 4.69) is 10.2 Å². The molecule has 128 valence electrons. The van der Waals surface area contributed by atoms with Gasteiger partial charge in [-0.15, -0.1) is 0 Å². The highest BCUT2D eigenvalue weighted by Crippen LogP contribution is 2.24. The normalized spacial score (nSPS) is 22.2. The first-order valence-electron chi connectivity index (χ1n) is 7.96. The van der Waals surface area contributed by atoms with Crippen LogP contribution in [-0.4, -0.2) is 48.3 Å². The zero-order valence-electron chi connectivity index (χ0n) is 13.9. The molecule has 0 unspecified atom stereocenters. The third-order valence-electron chi connectivity index (χ3n) is 3.95. The van der Waals surface area contributed by atoms with Gasteiger partial charge in [-0.1, -0.05) is 11.6 Å². The maximum absolute atomic E-state index is 12.4. The molecule has 5 nitrogen and oxygen atoms in total. The number of carbonyl (C=O) groups excluding carboxylic acids is 1. The van der Waals surface area contributed by atoms with Crippen molar-refractivity contribution in [2.24, 2.45) is 5.92 Å². The van der Waals surface area contributed by atoms with Crippen LogP contribution in [0, 0.1) is 5.92 Å². The van der Waals surface area contributed by atoms with Crippen LogP contribution in [0.1, 0.15) is 25.8 Å². The van der Waals surface area contributed by atoms with E-state index in [4.69, 9.17) is 16.3 Å². The molecule has 0 bridgehead atoms. The van der Waals surface area contributed by atoms with Gasteiger partial charge in [0.15, 0.2) is 0 Å². The van der Waals surface area contributed by atoms with Crippen LogP contribution in [0.3, 0.4) is 0 Å². The average Bonchev–Trinajstić information content (AvgIpc) is 2.49. The van der Waals surface area contributed by atoms with Crippen LogP contribution in [0.5, 0.6) is 5.75 Å². The van der Waals surface area contributed by atoms with Gasteiger partial charge in [0, 0.05) is 30.2 Å². The van der Waals surface area contributed by atoms with Crippen molar-refractivity contribution in [3.05, 3.63) is 28.8 Å². The molecule has 1 heterocycles. The second kappa shape index (κ2) is 7.99. The summed E-state index contributed by atoms with van der Waals surface area (Å²) >= 11 is 6.04. The highest BCUT2D eigenvalue weighted by molar-refractivity contribution is 6.30. The zero-order valence-corrected chi connectivity index (χ0v) is 14.6. The fourth-order valence-corrected chi connectivity index (χ4v) is 2.92. The summed E-state index contributed by atoms with van der Waals surface area (Å²) in [5.41, 5.74) is 0.832. The van der Waals surface area contributed by atoms with E-state index in [0.717, 1.165) is 12.1 Å². The summed E-state index contributed by atoms with van der Waals surface area (Å²) < 4.78 is 5.75. The third-order valence-corrected chi connectivity index (χ3v) is 4.19. The van der Waals surface area contributed by atoms with E-state index >= 15 is 0 Å². The minimum absolute atomic E-state index is 0.0412. The molecule has 2 N–H and O–H groups in total.